The standard InChI is InChI=1S/C28H34N4O4/c1-16(2)21-15-35-24-8-7-22(31-25(21)24)26(33)32-23-14-29-10-9-20(23)18-11-17(3)12-19(13-18)30-27(34)36-28(4,5)6/h7-10,14-15,17-19H,1,11-13H2,2-6H3,(H,30,34)(H,32,33)/t17-,18+,19-/m0/s1. The van der Waals surface area contributed by atoms with Gasteiger partial charge in [0.2, 0.25) is 0 Å². The normalized spacial score (nSPS) is 20.1. The van der Waals surface area contributed by atoms with Crippen molar-refractivity contribution >= 4 is 34.4 Å². The highest BCUT2D eigenvalue weighted by Gasteiger charge is 2.31. The maximum atomic E-state index is 13.2. The second-order valence-corrected chi connectivity index (χ2v) is 10.7. The molecule has 4 rings (SSSR count). The Balaban J connectivity index is 1.52. The molecule has 3 heterocycles. The molecule has 190 valence electrons. The smallest absolute Gasteiger partial charge is 0.407 e. The minimum atomic E-state index is -0.551. The molecule has 0 saturated heterocycles. The predicted octanol–water partition coefficient (Wildman–Crippen LogP) is 6.31. The van der Waals surface area contributed by atoms with Crippen LogP contribution in [0.15, 0.2) is 47.9 Å². The molecule has 0 aromatic carbocycles. The molecule has 2 amide bonds. The summed E-state index contributed by atoms with van der Waals surface area (Å²) >= 11 is 0. The van der Waals surface area contributed by atoms with Gasteiger partial charge in [-0.3, -0.25) is 9.78 Å². The third-order valence-corrected chi connectivity index (χ3v) is 6.32. The number of hydrogen-bond donors (Lipinski definition) is 2. The van der Waals surface area contributed by atoms with Crippen molar-refractivity contribution < 1.29 is 18.7 Å². The fraction of sp³-hybridized carbons (Fsp3) is 0.429. The van der Waals surface area contributed by atoms with Gasteiger partial charge in [0.05, 0.1) is 11.9 Å². The monoisotopic (exact) mass is 490 g/mol. The van der Waals surface area contributed by atoms with E-state index in [1.807, 2.05) is 33.8 Å². The molecule has 3 atom stereocenters. The van der Waals surface area contributed by atoms with E-state index in [4.69, 9.17) is 9.15 Å². The highest BCUT2D eigenvalue weighted by atomic mass is 16.6. The fourth-order valence-electron chi connectivity index (χ4n) is 4.84. The number of fused-ring (bicyclic) bond motifs is 1. The SMILES string of the molecule is C=C(C)c1coc2ccc(C(=O)Nc3cnccc3[C@@H]3C[C@H](C)C[C@H](NC(=O)OC(C)(C)C)C3)nc12. The number of rotatable bonds is 5. The number of anilines is 1. The maximum Gasteiger partial charge on any atom is 0.407 e. The number of alkyl carbamates (subject to hydrolysis) is 1. The number of aromatic nitrogens is 2. The van der Waals surface area contributed by atoms with E-state index >= 15 is 0 Å². The lowest BCUT2D eigenvalue weighted by Crippen LogP contribution is -2.42. The average Bonchev–Trinajstić information content (AvgIpc) is 3.21. The van der Waals surface area contributed by atoms with Crippen LogP contribution in [0, 0.1) is 5.92 Å². The molecule has 36 heavy (non-hydrogen) atoms. The summed E-state index contributed by atoms with van der Waals surface area (Å²) in [5.74, 6) is 0.213. The van der Waals surface area contributed by atoms with Crippen molar-refractivity contribution in [3.8, 4) is 0 Å². The lowest BCUT2D eigenvalue weighted by atomic mass is 9.76. The van der Waals surface area contributed by atoms with E-state index in [2.05, 4.69) is 34.1 Å². The van der Waals surface area contributed by atoms with Crippen LogP contribution < -0.4 is 10.6 Å². The van der Waals surface area contributed by atoms with Gasteiger partial charge in [0.25, 0.3) is 5.91 Å². The van der Waals surface area contributed by atoms with Gasteiger partial charge in [-0.15, -0.1) is 0 Å². The summed E-state index contributed by atoms with van der Waals surface area (Å²) in [6.45, 7) is 13.6. The van der Waals surface area contributed by atoms with Gasteiger partial charge in [0, 0.05) is 17.8 Å². The van der Waals surface area contributed by atoms with Crippen LogP contribution in [0.2, 0.25) is 0 Å². The van der Waals surface area contributed by atoms with Crippen molar-refractivity contribution in [1.29, 1.82) is 0 Å². The Hall–Kier alpha value is -3.68. The molecule has 0 spiro atoms. The van der Waals surface area contributed by atoms with Gasteiger partial charge in [-0.25, -0.2) is 9.78 Å². The minimum absolute atomic E-state index is 0.0176. The fourth-order valence-corrected chi connectivity index (χ4v) is 4.84. The Bertz CT molecular complexity index is 1290. The van der Waals surface area contributed by atoms with Crippen molar-refractivity contribution in [3.05, 3.63) is 60.3 Å². The van der Waals surface area contributed by atoms with Crippen LogP contribution in [0.3, 0.4) is 0 Å². The van der Waals surface area contributed by atoms with Gasteiger partial charge in [-0.1, -0.05) is 13.5 Å². The number of amides is 2. The zero-order valence-corrected chi connectivity index (χ0v) is 21.6. The zero-order chi connectivity index (χ0) is 26.0. The van der Waals surface area contributed by atoms with Crippen molar-refractivity contribution in [3.63, 3.8) is 0 Å². The highest BCUT2D eigenvalue weighted by Crippen LogP contribution is 2.39. The van der Waals surface area contributed by atoms with Crippen LogP contribution in [0.25, 0.3) is 16.7 Å². The van der Waals surface area contributed by atoms with E-state index < -0.39 is 11.7 Å². The third kappa shape index (κ3) is 5.93. The van der Waals surface area contributed by atoms with Crippen molar-refractivity contribution in [1.82, 2.24) is 15.3 Å². The molecule has 1 aliphatic rings. The Labute approximate surface area is 211 Å². The molecule has 8 heteroatoms. The molecule has 8 nitrogen and oxygen atoms in total. The van der Waals surface area contributed by atoms with E-state index in [0.717, 1.165) is 36.0 Å². The number of nitrogens with one attached hydrogen (secondary N) is 2. The van der Waals surface area contributed by atoms with Crippen molar-refractivity contribution in [2.45, 2.75) is 71.4 Å². The maximum absolute atomic E-state index is 13.2. The number of hydrogen-bond acceptors (Lipinski definition) is 6. The Kier molecular flexibility index (Phi) is 7.15. The van der Waals surface area contributed by atoms with Gasteiger partial charge in [-0.2, -0.15) is 0 Å². The van der Waals surface area contributed by atoms with E-state index in [-0.39, 0.29) is 23.6 Å². The molecule has 0 unspecified atom stereocenters. The summed E-state index contributed by atoms with van der Waals surface area (Å²) in [5.41, 5.74) is 4.17. The van der Waals surface area contributed by atoms with E-state index in [0.29, 0.717) is 22.7 Å². The van der Waals surface area contributed by atoms with Crippen LogP contribution in [-0.2, 0) is 4.74 Å². The van der Waals surface area contributed by atoms with Crippen molar-refractivity contribution in [2.75, 3.05) is 5.32 Å². The number of carbonyl (C=O) groups is 2. The zero-order valence-electron chi connectivity index (χ0n) is 21.6. The van der Waals surface area contributed by atoms with Gasteiger partial charge in [0.1, 0.15) is 23.1 Å². The average molecular weight is 491 g/mol. The predicted molar refractivity (Wildman–Crippen MR) is 140 cm³/mol. The van der Waals surface area contributed by atoms with Crippen LogP contribution in [-0.4, -0.2) is 33.6 Å². The molecule has 1 fully saturated rings. The van der Waals surface area contributed by atoms with Crippen LogP contribution in [0.1, 0.15) is 81.4 Å². The first-order chi connectivity index (χ1) is 17.0. The van der Waals surface area contributed by atoms with E-state index in [1.54, 1.807) is 30.8 Å². The summed E-state index contributed by atoms with van der Waals surface area (Å²) in [7, 11) is 0. The number of pyridine rings is 2. The first-order valence-electron chi connectivity index (χ1n) is 12.3. The molecule has 3 aromatic heterocycles. The van der Waals surface area contributed by atoms with Gasteiger partial charge in [-0.05, 0) is 88.1 Å². The molecule has 1 aliphatic carbocycles. The largest absolute Gasteiger partial charge is 0.462 e. The summed E-state index contributed by atoms with van der Waals surface area (Å²) in [4.78, 5) is 34.3. The van der Waals surface area contributed by atoms with Gasteiger partial charge in [0.15, 0.2) is 5.58 Å². The lowest BCUT2D eigenvalue weighted by Gasteiger charge is -2.35. The molecule has 0 aliphatic heterocycles. The lowest BCUT2D eigenvalue weighted by molar-refractivity contribution is 0.0482. The van der Waals surface area contributed by atoms with Crippen LogP contribution in [0.4, 0.5) is 10.5 Å². The molecule has 3 aromatic rings. The highest BCUT2D eigenvalue weighted by molar-refractivity contribution is 6.04. The van der Waals surface area contributed by atoms with Crippen molar-refractivity contribution in [2.24, 2.45) is 5.92 Å². The number of carbonyl (C=O) groups excluding carboxylic acids is 2. The number of allylic oxidation sites excluding steroid dienone is 1. The van der Waals surface area contributed by atoms with E-state index in [9.17, 15) is 9.59 Å². The quantitative estimate of drug-likeness (QED) is 0.434. The molecular weight excluding hydrogens is 456 g/mol. The first kappa shape index (κ1) is 25.4. The first-order valence-corrected chi connectivity index (χ1v) is 12.3. The molecule has 0 bridgehead atoms. The second kappa shape index (κ2) is 10.1. The molecular formula is C28H34N4O4. The van der Waals surface area contributed by atoms with Crippen LogP contribution in [0.5, 0.6) is 0 Å². The Morgan fingerprint density at radius 3 is 2.67 bits per heavy atom. The summed E-state index contributed by atoms with van der Waals surface area (Å²) in [5, 5.41) is 6.03. The minimum Gasteiger partial charge on any atom is -0.462 e. The van der Waals surface area contributed by atoms with Gasteiger partial charge >= 0.3 is 6.09 Å². The Morgan fingerprint density at radius 2 is 1.94 bits per heavy atom. The molecule has 2 N–H and O–H groups in total. The number of furan rings is 1. The van der Waals surface area contributed by atoms with Crippen LogP contribution >= 0.6 is 0 Å². The molecule has 1 saturated carbocycles. The Morgan fingerprint density at radius 1 is 1.17 bits per heavy atom. The number of ether oxygens (including phenoxy) is 1. The topological polar surface area (TPSA) is 106 Å². The summed E-state index contributed by atoms with van der Waals surface area (Å²) in [6, 6.07) is 5.30. The number of nitrogens with zero attached hydrogens (tertiary/aromatic N) is 2. The van der Waals surface area contributed by atoms with E-state index in [1.165, 1.54) is 0 Å². The second-order valence-electron chi connectivity index (χ2n) is 10.7. The summed E-state index contributed by atoms with van der Waals surface area (Å²) < 4.78 is 11.0. The molecule has 0 radical (unpaired) electrons. The van der Waals surface area contributed by atoms with Gasteiger partial charge < -0.3 is 19.8 Å². The third-order valence-electron chi connectivity index (χ3n) is 6.32. The summed E-state index contributed by atoms with van der Waals surface area (Å²) in [6.07, 6.45) is 7.17.